The number of hydrogen-bond acceptors (Lipinski definition) is 3. The number of amides is 1. The Bertz CT molecular complexity index is 1320. The molecule has 0 fully saturated rings. The molecule has 4 rings (SSSR count). The molecular weight excluding hydrogens is 448 g/mol. The highest BCUT2D eigenvalue weighted by Crippen LogP contribution is 2.29. The first-order valence-corrected chi connectivity index (χ1v) is 10.9. The number of methoxy groups -OCH3 is 1. The molecule has 1 amide bonds. The fourth-order valence-electron chi connectivity index (χ4n) is 3.61. The van der Waals surface area contributed by atoms with Crippen molar-refractivity contribution in [2.24, 2.45) is 0 Å². The van der Waals surface area contributed by atoms with Crippen molar-refractivity contribution in [3.05, 3.63) is 114 Å². The number of ether oxygens (including phenoxy) is 2. The van der Waals surface area contributed by atoms with E-state index in [4.69, 9.17) is 4.74 Å². The lowest BCUT2D eigenvalue weighted by molar-refractivity contribution is -0.111. The fraction of sp³-hybridized carbons (Fsp3) is 0.0690. The Hall–Kier alpha value is -4.45. The smallest absolute Gasteiger partial charge is 0.387 e. The van der Waals surface area contributed by atoms with Crippen LogP contribution in [0, 0.1) is 0 Å². The maximum absolute atomic E-state index is 13.4. The van der Waals surface area contributed by atoms with Gasteiger partial charge in [0.2, 0.25) is 0 Å². The predicted octanol–water partition coefficient (Wildman–Crippen LogP) is 7.14. The van der Waals surface area contributed by atoms with Crippen LogP contribution in [-0.4, -0.2) is 19.6 Å². The molecule has 0 unspecified atom stereocenters. The number of carbonyl (C=O) groups is 1. The molecule has 0 saturated carbocycles. The van der Waals surface area contributed by atoms with Crippen molar-refractivity contribution in [2.45, 2.75) is 6.61 Å². The van der Waals surface area contributed by atoms with E-state index in [0.717, 1.165) is 11.1 Å². The molecule has 0 radical (unpaired) electrons. The van der Waals surface area contributed by atoms with Crippen LogP contribution in [0.3, 0.4) is 0 Å². The van der Waals surface area contributed by atoms with E-state index in [-0.39, 0.29) is 11.3 Å². The minimum Gasteiger partial charge on any atom is -0.497 e. The van der Waals surface area contributed by atoms with E-state index in [0.29, 0.717) is 22.6 Å². The van der Waals surface area contributed by atoms with E-state index >= 15 is 0 Å². The Morgan fingerprint density at radius 2 is 1.51 bits per heavy atom. The van der Waals surface area contributed by atoms with Gasteiger partial charge in [0.1, 0.15) is 11.5 Å². The van der Waals surface area contributed by atoms with Crippen LogP contribution in [0.25, 0.3) is 22.8 Å². The molecule has 1 N–H and O–H groups in total. The molecule has 0 spiro atoms. The second-order valence-electron chi connectivity index (χ2n) is 7.60. The van der Waals surface area contributed by atoms with Gasteiger partial charge in [0.15, 0.2) is 0 Å². The largest absolute Gasteiger partial charge is 0.497 e. The average molecular weight is 472 g/mol. The first-order valence-electron chi connectivity index (χ1n) is 10.9. The van der Waals surface area contributed by atoms with Crippen LogP contribution >= 0.6 is 0 Å². The Labute approximate surface area is 202 Å². The van der Waals surface area contributed by atoms with Crippen molar-refractivity contribution in [1.82, 2.24) is 0 Å². The number of halogens is 2. The molecular formula is C29H23F2NO3. The molecule has 4 nitrogen and oxygen atoms in total. The van der Waals surface area contributed by atoms with Gasteiger partial charge in [-0.3, -0.25) is 4.79 Å². The second-order valence-corrected chi connectivity index (χ2v) is 7.60. The lowest BCUT2D eigenvalue weighted by atomic mass is 9.98. The first-order chi connectivity index (χ1) is 17.0. The lowest BCUT2D eigenvalue weighted by Crippen LogP contribution is -2.14. The van der Waals surface area contributed by atoms with E-state index in [1.807, 2.05) is 54.6 Å². The molecule has 176 valence electrons. The summed E-state index contributed by atoms with van der Waals surface area (Å²) in [5.74, 6) is 0.170. The first kappa shape index (κ1) is 23.7. The Kier molecular flexibility index (Phi) is 7.53. The second kappa shape index (κ2) is 11.1. The van der Waals surface area contributed by atoms with Gasteiger partial charge in [0.25, 0.3) is 5.91 Å². The van der Waals surface area contributed by atoms with Gasteiger partial charge in [-0.2, -0.15) is 8.78 Å². The summed E-state index contributed by atoms with van der Waals surface area (Å²) < 4.78 is 35.8. The van der Waals surface area contributed by atoms with Crippen LogP contribution in [0.4, 0.5) is 14.5 Å². The van der Waals surface area contributed by atoms with E-state index < -0.39 is 12.5 Å². The zero-order valence-corrected chi connectivity index (χ0v) is 19.0. The topological polar surface area (TPSA) is 47.6 Å². The molecule has 6 heteroatoms. The molecule has 0 aliphatic rings. The monoisotopic (exact) mass is 471 g/mol. The normalized spacial score (nSPS) is 11.3. The third-order valence-electron chi connectivity index (χ3n) is 5.31. The number of para-hydroxylation sites is 1. The highest BCUT2D eigenvalue weighted by Gasteiger charge is 2.16. The van der Waals surface area contributed by atoms with Gasteiger partial charge in [-0.05, 0) is 41.0 Å². The minimum atomic E-state index is -2.98. The van der Waals surface area contributed by atoms with Crippen molar-refractivity contribution in [2.75, 3.05) is 12.4 Å². The Balaban J connectivity index is 1.73. The number of anilines is 1. The third-order valence-corrected chi connectivity index (χ3v) is 5.31. The molecule has 4 aromatic rings. The molecule has 0 aliphatic carbocycles. The third kappa shape index (κ3) is 6.12. The summed E-state index contributed by atoms with van der Waals surface area (Å²) in [6.07, 6.45) is 1.55. The lowest BCUT2D eigenvalue weighted by Gasteiger charge is -2.13. The molecule has 35 heavy (non-hydrogen) atoms. The van der Waals surface area contributed by atoms with Gasteiger partial charge < -0.3 is 14.8 Å². The Morgan fingerprint density at radius 1 is 0.829 bits per heavy atom. The minimum absolute atomic E-state index is 0.0184. The highest BCUT2D eigenvalue weighted by molar-refractivity contribution is 6.29. The van der Waals surface area contributed by atoms with Gasteiger partial charge in [-0.25, -0.2) is 0 Å². The molecule has 0 heterocycles. The van der Waals surface area contributed by atoms with E-state index in [1.165, 1.54) is 6.07 Å². The highest BCUT2D eigenvalue weighted by atomic mass is 19.3. The summed E-state index contributed by atoms with van der Waals surface area (Å²) in [7, 11) is 1.54. The zero-order chi connectivity index (χ0) is 24.6. The SMILES string of the molecule is COc1cccc(NC(=O)C(=Cc2ccccc2OC(F)F)c2ccc(-c3ccccc3)cc2)c1. The van der Waals surface area contributed by atoms with E-state index in [2.05, 4.69) is 10.1 Å². The van der Waals surface area contributed by atoms with Crippen LogP contribution in [-0.2, 0) is 4.79 Å². The van der Waals surface area contributed by atoms with E-state index in [9.17, 15) is 13.6 Å². The maximum atomic E-state index is 13.4. The van der Waals surface area contributed by atoms with Gasteiger partial charge >= 0.3 is 6.61 Å². The fourth-order valence-corrected chi connectivity index (χ4v) is 3.61. The van der Waals surface area contributed by atoms with Crippen molar-refractivity contribution in [3.8, 4) is 22.6 Å². The predicted molar refractivity (Wildman–Crippen MR) is 134 cm³/mol. The number of rotatable bonds is 8. The summed E-state index contributed by atoms with van der Waals surface area (Å²) in [6, 6.07) is 30.7. The molecule has 4 aromatic carbocycles. The number of carbonyl (C=O) groups excluding carboxylic acids is 1. The van der Waals surface area contributed by atoms with Crippen LogP contribution in [0.5, 0.6) is 11.5 Å². The van der Waals surface area contributed by atoms with Crippen LogP contribution in [0.15, 0.2) is 103 Å². The average Bonchev–Trinajstić information content (AvgIpc) is 2.88. The molecule has 0 saturated heterocycles. The summed E-state index contributed by atoms with van der Waals surface area (Å²) in [4.78, 5) is 13.4. The summed E-state index contributed by atoms with van der Waals surface area (Å²) in [5, 5.41) is 2.87. The molecule has 0 bridgehead atoms. The van der Waals surface area contributed by atoms with Gasteiger partial charge in [0, 0.05) is 22.9 Å². The summed E-state index contributed by atoms with van der Waals surface area (Å²) >= 11 is 0. The van der Waals surface area contributed by atoms with Gasteiger partial charge in [-0.1, -0.05) is 78.9 Å². The van der Waals surface area contributed by atoms with Crippen LogP contribution in [0.2, 0.25) is 0 Å². The van der Waals surface area contributed by atoms with Crippen molar-refractivity contribution in [1.29, 1.82) is 0 Å². The standard InChI is InChI=1S/C29H23F2NO3/c1-34-25-12-7-11-24(19-25)32-28(33)26(18-23-10-5-6-13-27(23)35-29(30)31)22-16-14-21(15-17-22)20-8-3-2-4-9-20/h2-19,29H,1H3,(H,32,33). The Morgan fingerprint density at radius 3 is 2.23 bits per heavy atom. The molecule has 0 aliphatic heterocycles. The maximum Gasteiger partial charge on any atom is 0.387 e. The quantitative estimate of drug-likeness (QED) is 0.219. The van der Waals surface area contributed by atoms with E-state index in [1.54, 1.807) is 55.7 Å². The van der Waals surface area contributed by atoms with Crippen molar-refractivity contribution < 1.29 is 23.0 Å². The molecule has 0 atom stereocenters. The van der Waals surface area contributed by atoms with Gasteiger partial charge in [-0.15, -0.1) is 0 Å². The van der Waals surface area contributed by atoms with Crippen molar-refractivity contribution in [3.63, 3.8) is 0 Å². The number of nitrogens with one attached hydrogen (secondary N) is 1. The summed E-state index contributed by atoms with van der Waals surface area (Å²) in [5.41, 5.74) is 3.84. The van der Waals surface area contributed by atoms with Gasteiger partial charge in [0.05, 0.1) is 7.11 Å². The number of alkyl halides is 2. The summed E-state index contributed by atoms with van der Waals surface area (Å²) in [6.45, 7) is -2.98. The number of benzene rings is 4. The van der Waals surface area contributed by atoms with Crippen LogP contribution in [0.1, 0.15) is 11.1 Å². The van der Waals surface area contributed by atoms with Crippen LogP contribution < -0.4 is 14.8 Å². The number of hydrogen-bond donors (Lipinski definition) is 1. The molecule has 0 aromatic heterocycles. The van der Waals surface area contributed by atoms with Crippen molar-refractivity contribution >= 4 is 23.2 Å². The zero-order valence-electron chi connectivity index (χ0n) is 19.0.